The van der Waals surface area contributed by atoms with E-state index in [1.54, 1.807) is 24.3 Å². The molecule has 0 radical (unpaired) electrons. The fourth-order valence-electron chi connectivity index (χ4n) is 4.02. The molecule has 0 saturated carbocycles. The first-order valence-electron chi connectivity index (χ1n) is 9.88. The summed E-state index contributed by atoms with van der Waals surface area (Å²) in [4.78, 5) is 21.5. The normalized spacial score (nSPS) is 22.5. The molecule has 180 valence electrons. The molecule has 2 heterocycles. The molecule has 0 bridgehead atoms. The Morgan fingerprint density at radius 1 is 0.829 bits per heavy atom. The lowest BCUT2D eigenvalue weighted by Gasteiger charge is -2.26. The van der Waals surface area contributed by atoms with Gasteiger partial charge in [-0.05, 0) is 24.3 Å². The summed E-state index contributed by atoms with van der Waals surface area (Å²) in [6.45, 7) is 0.434. The van der Waals surface area contributed by atoms with Gasteiger partial charge in [0.05, 0.1) is 52.9 Å². The van der Waals surface area contributed by atoms with E-state index >= 15 is 0 Å². The van der Waals surface area contributed by atoms with Crippen LogP contribution < -0.4 is 10.6 Å². The molecule has 5 rings (SSSR count). The van der Waals surface area contributed by atoms with E-state index in [1.807, 2.05) is 0 Å². The van der Waals surface area contributed by atoms with Crippen LogP contribution in [0.15, 0.2) is 54.4 Å². The first kappa shape index (κ1) is 25.5. The highest BCUT2D eigenvalue weighted by molar-refractivity contribution is 6.55. The number of halogens is 8. The number of carbonyl (C=O) groups excluding carboxylic acids is 1. The smallest absolute Gasteiger partial charge is 0.259 e. The van der Waals surface area contributed by atoms with Gasteiger partial charge < -0.3 is 10.6 Å². The van der Waals surface area contributed by atoms with Crippen LogP contribution in [0, 0.1) is 11.8 Å². The summed E-state index contributed by atoms with van der Waals surface area (Å²) in [5.74, 6) is -0.112. The van der Waals surface area contributed by atoms with Gasteiger partial charge in [-0.1, -0.05) is 92.8 Å². The van der Waals surface area contributed by atoms with E-state index in [1.165, 1.54) is 0 Å². The number of hydrogen-bond donors (Lipinski definition) is 2. The molecule has 2 atom stereocenters. The van der Waals surface area contributed by atoms with Crippen LogP contribution >= 0.6 is 92.8 Å². The Morgan fingerprint density at radius 2 is 1.43 bits per heavy atom. The van der Waals surface area contributed by atoms with Crippen LogP contribution in [0.4, 0.5) is 11.4 Å². The second kappa shape index (κ2) is 9.62. The molecule has 13 heteroatoms. The molecule has 2 aromatic rings. The maximum Gasteiger partial charge on any atom is 0.259 e. The molecule has 0 saturated heterocycles. The molecule has 2 aliphatic heterocycles. The van der Waals surface area contributed by atoms with Crippen molar-refractivity contribution in [1.29, 1.82) is 0 Å². The highest BCUT2D eigenvalue weighted by Gasteiger charge is 2.42. The van der Waals surface area contributed by atoms with E-state index in [2.05, 4.69) is 20.6 Å². The third-order valence-corrected chi connectivity index (χ3v) is 9.48. The number of hydrogen-bond acceptors (Lipinski definition) is 4. The van der Waals surface area contributed by atoms with Crippen LogP contribution in [0.3, 0.4) is 0 Å². The van der Waals surface area contributed by atoms with Crippen molar-refractivity contribution in [2.75, 3.05) is 11.9 Å². The van der Waals surface area contributed by atoms with Gasteiger partial charge in [0.25, 0.3) is 5.91 Å². The number of rotatable bonds is 2. The van der Waals surface area contributed by atoms with E-state index in [-0.39, 0.29) is 53.4 Å². The summed E-state index contributed by atoms with van der Waals surface area (Å²) in [6, 6.07) is 7.08. The van der Waals surface area contributed by atoms with Gasteiger partial charge in [0.15, 0.2) is 0 Å². The maximum absolute atomic E-state index is 12.5. The molecular weight excluding hydrogens is 620 g/mol. The number of allylic oxidation sites excluding steroid dienone is 2. The molecule has 35 heavy (non-hydrogen) atoms. The molecule has 2 N–H and O–H groups in total. The Bertz CT molecular complexity index is 1430. The Balaban J connectivity index is 1.40. The first-order chi connectivity index (χ1) is 16.6. The van der Waals surface area contributed by atoms with Crippen molar-refractivity contribution < 1.29 is 4.79 Å². The Labute approximate surface area is 239 Å². The molecule has 0 fully saturated rings. The van der Waals surface area contributed by atoms with Gasteiger partial charge in [0.2, 0.25) is 0 Å². The minimum atomic E-state index is -0.472. The Hall–Kier alpha value is -1.15. The lowest BCUT2D eigenvalue weighted by Crippen LogP contribution is -2.28. The summed E-state index contributed by atoms with van der Waals surface area (Å²) in [6.07, 6.45) is 0. The van der Waals surface area contributed by atoms with E-state index in [0.29, 0.717) is 33.7 Å². The van der Waals surface area contributed by atoms with Gasteiger partial charge in [-0.25, -0.2) is 4.99 Å². The molecule has 3 aliphatic rings. The quantitative estimate of drug-likeness (QED) is 0.258. The zero-order valence-corrected chi connectivity index (χ0v) is 23.0. The minimum absolute atomic E-state index is 0.00854. The van der Waals surface area contributed by atoms with Crippen molar-refractivity contribution >= 4 is 122 Å². The van der Waals surface area contributed by atoms with Crippen molar-refractivity contribution in [3.05, 3.63) is 75.6 Å². The largest absolute Gasteiger partial charge is 0.344 e. The third-order valence-electron chi connectivity index (χ3n) is 5.71. The minimum Gasteiger partial charge on any atom is -0.344 e. The van der Waals surface area contributed by atoms with E-state index in [9.17, 15) is 4.79 Å². The number of nitrogens with zero attached hydrogens (tertiary/aromatic N) is 2. The van der Waals surface area contributed by atoms with Crippen molar-refractivity contribution in [2.45, 2.75) is 0 Å². The summed E-state index contributed by atoms with van der Waals surface area (Å²) < 4.78 is 0. The average molecular weight is 630 g/mol. The SMILES string of the molecule is O=C1NC(=Nc2ccc(NC3=NCC4C(Cl)=C(Cl)C(Cl)=C(Cl)C34)cc2)c2c(Cl)c(Cl)c(Cl)c(Cl)c21. The van der Waals surface area contributed by atoms with Gasteiger partial charge in [0, 0.05) is 28.2 Å². The van der Waals surface area contributed by atoms with Crippen LogP contribution in [-0.2, 0) is 0 Å². The number of aliphatic imine (C=N–C) groups is 2. The van der Waals surface area contributed by atoms with Crippen LogP contribution in [0.5, 0.6) is 0 Å². The number of fused-ring (bicyclic) bond motifs is 2. The average Bonchev–Trinajstić information content (AvgIpc) is 3.40. The number of amides is 1. The standard InChI is InChI=1S/C22H10Cl8N4O/c23-12-8-5-31-20(9(8)13(24)17(28)16(12)27)32-6-1-3-7(4-2-6)33-21-10-11(22(35)34-21)15(26)19(30)18(29)14(10)25/h1-4,8-9H,5H2,(H,31,32)(H,33,34,35). The zero-order chi connectivity index (χ0) is 25.2. The predicted molar refractivity (Wildman–Crippen MR) is 147 cm³/mol. The highest BCUT2D eigenvalue weighted by atomic mass is 35.5. The van der Waals surface area contributed by atoms with Crippen molar-refractivity contribution in [3.8, 4) is 0 Å². The first-order valence-corrected chi connectivity index (χ1v) is 12.9. The van der Waals surface area contributed by atoms with E-state index in [4.69, 9.17) is 92.8 Å². The topological polar surface area (TPSA) is 65.8 Å². The lowest BCUT2D eigenvalue weighted by molar-refractivity contribution is 0.0983. The monoisotopic (exact) mass is 626 g/mol. The molecule has 1 aliphatic carbocycles. The maximum atomic E-state index is 12.5. The molecular formula is C22H10Cl8N4O. The molecule has 0 spiro atoms. The van der Waals surface area contributed by atoms with Crippen LogP contribution in [0.2, 0.25) is 20.1 Å². The Morgan fingerprint density at radius 3 is 2.09 bits per heavy atom. The summed E-state index contributed by atoms with van der Waals surface area (Å²) >= 11 is 50.1. The molecule has 2 aromatic carbocycles. The fourth-order valence-corrected chi connectivity index (χ4v) is 6.25. The van der Waals surface area contributed by atoms with E-state index < -0.39 is 5.91 Å². The highest BCUT2D eigenvalue weighted by Crippen LogP contribution is 2.48. The molecule has 2 unspecified atom stereocenters. The van der Waals surface area contributed by atoms with E-state index in [0.717, 1.165) is 5.69 Å². The molecule has 1 amide bonds. The summed E-state index contributed by atoms with van der Waals surface area (Å²) in [5.41, 5.74) is 1.70. The van der Waals surface area contributed by atoms with Gasteiger partial charge in [-0.3, -0.25) is 9.79 Å². The second-order valence-electron chi connectivity index (χ2n) is 7.73. The van der Waals surface area contributed by atoms with Crippen LogP contribution in [0.1, 0.15) is 15.9 Å². The van der Waals surface area contributed by atoms with Gasteiger partial charge in [0.1, 0.15) is 11.7 Å². The van der Waals surface area contributed by atoms with Crippen LogP contribution in [0.25, 0.3) is 0 Å². The third kappa shape index (κ3) is 4.24. The fraction of sp³-hybridized carbons (Fsp3) is 0.136. The summed E-state index contributed by atoms with van der Waals surface area (Å²) in [5, 5.41) is 7.38. The Kier molecular flexibility index (Phi) is 7.01. The van der Waals surface area contributed by atoms with Crippen molar-refractivity contribution in [3.63, 3.8) is 0 Å². The van der Waals surface area contributed by atoms with Crippen LogP contribution in [-0.4, -0.2) is 24.1 Å². The summed E-state index contributed by atoms with van der Waals surface area (Å²) in [7, 11) is 0. The second-order valence-corrected chi connectivity index (χ2v) is 10.8. The predicted octanol–water partition coefficient (Wildman–Crippen LogP) is 8.57. The van der Waals surface area contributed by atoms with Gasteiger partial charge in [-0.2, -0.15) is 0 Å². The zero-order valence-electron chi connectivity index (χ0n) is 17.0. The molecule has 5 nitrogen and oxygen atoms in total. The van der Waals surface area contributed by atoms with Crippen molar-refractivity contribution in [2.24, 2.45) is 21.8 Å². The number of carbonyl (C=O) groups is 1. The van der Waals surface area contributed by atoms with Gasteiger partial charge >= 0.3 is 0 Å². The van der Waals surface area contributed by atoms with Crippen molar-refractivity contribution in [1.82, 2.24) is 5.32 Å². The lowest BCUT2D eigenvalue weighted by atomic mass is 9.89. The van der Waals surface area contributed by atoms with Gasteiger partial charge in [-0.15, -0.1) is 0 Å². The number of nitrogens with one attached hydrogen (secondary N) is 2. The number of anilines is 1. The molecule has 0 aromatic heterocycles. The number of amidine groups is 2. The number of benzene rings is 2.